The molecule has 7 heteroatoms. The third-order valence-electron chi connectivity index (χ3n) is 5.62. The SMILES string of the molecule is CN(C)C(=O)c1sc2ncccc2c1[C@H]1CN(Cc2ccc3ccccc3n2)CCO1. The average Bonchev–Trinajstić information content (AvgIpc) is 3.18. The van der Waals surface area contributed by atoms with Gasteiger partial charge >= 0.3 is 0 Å². The maximum atomic E-state index is 12.9. The summed E-state index contributed by atoms with van der Waals surface area (Å²) in [6, 6.07) is 16.3. The predicted octanol–water partition coefficient (Wildman–Crippen LogP) is 4.12. The van der Waals surface area contributed by atoms with E-state index in [9.17, 15) is 4.79 Å². The molecule has 0 radical (unpaired) electrons. The van der Waals surface area contributed by atoms with E-state index in [1.807, 2.05) is 30.3 Å². The van der Waals surface area contributed by atoms with Gasteiger partial charge in [0.05, 0.1) is 23.9 Å². The van der Waals surface area contributed by atoms with Crippen LogP contribution in [-0.2, 0) is 11.3 Å². The van der Waals surface area contributed by atoms with Gasteiger partial charge < -0.3 is 9.64 Å². The number of amides is 1. The smallest absolute Gasteiger partial charge is 0.263 e. The standard InChI is InChI=1S/C24H24N4O2S/c1-27(2)24(29)22-21(18-7-5-11-25-23(18)31-22)20-15-28(12-13-30-20)14-17-10-9-16-6-3-4-8-19(16)26-17/h3-11,20H,12-15H2,1-2H3/t20-/m1/s1. The van der Waals surface area contributed by atoms with Crippen LogP contribution in [0.1, 0.15) is 27.0 Å². The monoisotopic (exact) mass is 432 g/mol. The summed E-state index contributed by atoms with van der Waals surface area (Å²) >= 11 is 1.45. The largest absolute Gasteiger partial charge is 0.371 e. The maximum absolute atomic E-state index is 12.9. The lowest BCUT2D eigenvalue weighted by molar-refractivity contribution is -0.0327. The fourth-order valence-corrected chi connectivity index (χ4v) is 5.30. The van der Waals surface area contributed by atoms with E-state index < -0.39 is 0 Å². The van der Waals surface area contributed by atoms with Crippen molar-refractivity contribution < 1.29 is 9.53 Å². The molecule has 31 heavy (non-hydrogen) atoms. The number of para-hydroxylation sites is 1. The molecule has 3 aromatic heterocycles. The Morgan fingerprint density at radius 1 is 1.19 bits per heavy atom. The van der Waals surface area contributed by atoms with Crippen LogP contribution < -0.4 is 0 Å². The molecule has 4 heterocycles. The summed E-state index contributed by atoms with van der Waals surface area (Å²) in [5, 5.41) is 2.16. The number of fused-ring (bicyclic) bond motifs is 2. The van der Waals surface area contributed by atoms with Crippen molar-refractivity contribution in [2.75, 3.05) is 33.8 Å². The Balaban J connectivity index is 1.44. The van der Waals surface area contributed by atoms with Gasteiger partial charge in [0, 0.05) is 56.3 Å². The second kappa shape index (κ2) is 8.34. The van der Waals surface area contributed by atoms with Gasteiger partial charge in [0.15, 0.2) is 0 Å². The summed E-state index contributed by atoms with van der Waals surface area (Å²) < 4.78 is 6.19. The first kappa shape index (κ1) is 20.1. The number of ether oxygens (including phenoxy) is 1. The van der Waals surface area contributed by atoms with E-state index in [-0.39, 0.29) is 12.0 Å². The lowest BCUT2D eigenvalue weighted by Gasteiger charge is -2.33. The van der Waals surface area contributed by atoms with Crippen LogP contribution in [0.25, 0.3) is 21.1 Å². The number of benzene rings is 1. The number of pyridine rings is 2. The molecule has 1 atom stereocenters. The van der Waals surface area contributed by atoms with Crippen LogP contribution in [0.3, 0.4) is 0 Å². The van der Waals surface area contributed by atoms with Crippen LogP contribution in [0.15, 0.2) is 54.7 Å². The molecule has 1 aromatic carbocycles. The number of rotatable bonds is 4. The lowest BCUT2D eigenvalue weighted by Crippen LogP contribution is -2.38. The third kappa shape index (κ3) is 3.92. The lowest BCUT2D eigenvalue weighted by atomic mass is 10.0. The summed E-state index contributed by atoms with van der Waals surface area (Å²) in [5.74, 6) is -0.00470. The van der Waals surface area contributed by atoms with Crippen LogP contribution in [-0.4, -0.2) is 59.5 Å². The molecule has 5 rings (SSSR count). The van der Waals surface area contributed by atoms with Crippen molar-refractivity contribution >= 4 is 38.4 Å². The van der Waals surface area contributed by atoms with Gasteiger partial charge in [-0.3, -0.25) is 14.7 Å². The number of thiophene rings is 1. The molecule has 0 aliphatic carbocycles. The van der Waals surface area contributed by atoms with E-state index >= 15 is 0 Å². The van der Waals surface area contributed by atoms with Crippen molar-refractivity contribution in [2.24, 2.45) is 0 Å². The number of hydrogen-bond donors (Lipinski definition) is 0. The van der Waals surface area contributed by atoms with E-state index in [0.717, 1.165) is 50.3 Å². The predicted molar refractivity (Wildman–Crippen MR) is 123 cm³/mol. The quantitative estimate of drug-likeness (QED) is 0.486. The highest BCUT2D eigenvalue weighted by molar-refractivity contribution is 7.20. The molecule has 1 fully saturated rings. The Labute approximate surface area is 185 Å². The second-order valence-corrected chi connectivity index (χ2v) is 8.99. The van der Waals surface area contributed by atoms with Crippen LogP contribution in [0.5, 0.6) is 0 Å². The molecule has 1 aliphatic rings. The minimum atomic E-state index is -0.175. The number of hydrogen-bond acceptors (Lipinski definition) is 6. The Bertz CT molecular complexity index is 1250. The van der Waals surface area contributed by atoms with Gasteiger partial charge in [0.25, 0.3) is 5.91 Å². The molecule has 6 nitrogen and oxygen atoms in total. The van der Waals surface area contributed by atoms with E-state index in [2.05, 4.69) is 28.1 Å². The molecule has 0 bridgehead atoms. The molecule has 0 spiro atoms. The average molecular weight is 433 g/mol. The van der Waals surface area contributed by atoms with E-state index in [0.29, 0.717) is 13.2 Å². The van der Waals surface area contributed by atoms with Gasteiger partial charge in [-0.05, 0) is 18.2 Å². The van der Waals surface area contributed by atoms with Gasteiger partial charge in [-0.25, -0.2) is 4.98 Å². The van der Waals surface area contributed by atoms with Crippen molar-refractivity contribution in [1.29, 1.82) is 0 Å². The van der Waals surface area contributed by atoms with Crippen LogP contribution in [0.2, 0.25) is 0 Å². The van der Waals surface area contributed by atoms with Crippen molar-refractivity contribution in [2.45, 2.75) is 12.6 Å². The highest BCUT2D eigenvalue weighted by atomic mass is 32.1. The number of nitrogens with zero attached hydrogens (tertiary/aromatic N) is 4. The topological polar surface area (TPSA) is 58.6 Å². The molecule has 0 N–H and O–H groups in total. The third-order valence-corrected chi connectivity index (χ3v) is 6.74. The van der Waals surface area contributed by atoms with Gasteiger partial charge in [-0.2, -0.15) is 0 Å². The summed E-state index contributed by atoms with van der Waals surface area (Å²) in [6.45, 7) is 2.92. The Hall–Kier alpha value is -2.87. The number of carbonyl (C=O) groups is 1. The molecular formula is C24H24N4O2S. The van der Waals surface area contributed by atoms with E-state index in [1.165, 1.54) is 11.3 Å². The fourth-order valence-electron chi connectivity index (χ4n) is 4.08. The molecular weight excluding hydrogens is 408 g/mol. The van der Waals surface area contributed by atoms with Gasteiger partial charge in [0.1, 0.15) is 9.71 Å². The molecule has 4 aromatic rings. The van der Waals surface area contributed by atoms with E-state index in [1.54, 1.807) is 25.2 Å². The first-order valence-electron chi connectivity index (χ1n) is 10.4. The van der Waals surface area contributed by atoms with Gasteiger partial charge in [-0.1, -0.05) is 30.3 Å². The first-order valence-corrected chi connectivity index (χ1v) is 11.2. The van der Waals surface area contributed by atoms with Crippen molar-refractivity contribution in [1.82, 2.24) is 19.8 Å². The maximum Gasteiger partial charge on any atom is 0.263 e. The normalized spacial score (nSPS) is 17.3. The Morgan fingerprint density at radius 2 is 2.06 bits per heavy atom. The summed E-state index contributed by atoms with van der Waals surface area (Å²) in [4.78, 5) is 27.8. The Morgan fingerprint density at radius 3 is 2.94 bits per heavy atom. The van der Waals surface area contributed by atoms with Crippen LogP contribution in [0, 0.1) is 0 Å². The number of morpholine rings is 1. The summed E-state index contributed by atoms with van der Waals surface area (Å²) in [6.07, 6.45) is 1.59. The zero-order valence-corrected chi connectivity index (χ0v) is 18.4. The summed E-state index contributed by atoms with van der Waals surface area (Å²) in [5.41, 5.74) is 3.02. The van der Waals surface area contributed by atoms with Gasteiger partial charge in [-0.15, -0.1) is 11.3 Å². The molecule has 0 saturated carbocycles. The molecule has 1 amide bonds. The highest BCUT2D eigenvalue weighted by Gasteiger charge is 2.30. The summed E-state index contributed by atoms with van der Waals surface area (Å²) in [7, 11) is 3.56. The molecule has 1 saturated heterocycles. The number of carbonyl (C=O) groups excluding carboxylic acids is 1. The second-order valence-electron chi connectivity index (χ2n) is 7.99. The zero-order valence-electron chi connectivity index (χ0n) is 17.6. The zero-order chi connectivity index (χ0) is 21.4. The van der Waals surface area contributed by atoms with Crippen LogP contribution in [0.4, 0.5) is 0 Å². The van der Waals surface area contributed by atoms with Crippen molar-refractivity contribution in [3.63, 3.8) is 0 Å². The minimum absolute atomic E-state index is 0.00470. The number of aromatic nitrogens is 2. The van der Waals surface area contributed by atoms with E-state index in [4.69, 9.17) is 9.72 Å². The van der Waals surface area contributed by atoms with Gasteiger partial charge in [0.2, 0.25) is 0 Å². The molecule has 1 aliphatic heterocycles. The fraction of sp³-hybridized carbons (Fsp3) is 0.292. The Kier molecular flexibility index (Phi) is 5.40. The first-order chi connectivity index (χ1) is 15.1. The molecule has 158 valence electrons. The van der Waals surface area contributed by atoms with Crippen LogP contribution >= 0.6 is 11.3 Å². The minimum Gasteiger partial charge on any atom is -0.371 e. The van der Waals surface area contributed by atoms with Crippen molar-refractivity contribution in [3.05, 3.63) is 70.9 Å². The highest BCUT2D eigenvalue weighted by Crippen LogP contribution is 2.38. The molecule has 0 unspecified atom stereocenters. The van der Waals surface area contributed by atoms with Crippen molar-refractivity contribution in [3.8, 4) is 0 Å².